The summed E-state index contributed by atoms with van der Waals surface area (Å²) in [5, 5.41) is 3.64. The molecule has 2 nitrogen and oxygen atoms in total. The van der Waals surface area contributed by atoms with E-state index in [9.17, 15) is 0 Å². The van der Waals surface area contributed by atoms with E-state index in [1.165, 1.54) is 0 Å². The highest BCUT2D eigenvalue weighted by atomic mass is 127. The van der Waals surface area contributed by atoms with Gasteiger partial charge in [0.2, 0.25) is 0 Å². The van der Waals surface area contributed by atoms with Crippen molar-refractivity contribution in [2.24, 2.45) is 0 Å². The molecule has 0 amide bonds. The summed E-state index contributed by atoms with van der Waals surface area (Å²) in [6.45, 7) is 4.12. The van der Waals surface area contributed by atoms with Crippen LogP contribution < -0.4 is 5.32 Å². The van der Waals surface area contributed by atoms with Crippen LogP contribution in [0.5, 0.6) is 0 Å². The third-order valence-electron chi connectivity index (χ3n) is 1.21. The minimum Gasteiger partial charge on any atom is -0.364 e. The van der Waals surface area contributed by atoms with Gasteiger partial charge in [0.15, 0.2) is 0 Å². The van der Waals surface area contributed by atoms with Crippen molar-refractivity contribution in [2.75, 3.05) is 11.9 Å². The quantitative estimate of drug-likeness (QED) is 0.867. The zero-order valence-corrected chi connectivity index (χ0v) is 9.26. The smallest absolute Gasteiger partial charge is 0.139 e. The second kappa shape index (κ2) is 4.67. The third-order valence-corrected chi connectivity index (χ3v) is 2.21. The van der Waals surface area contributed by atoms with Crippen LogP contribution in [-0.2, 0) is 0 Å². The number of hydrogen-bond acceptors (Lipinski definition) is 2. The molecule has 64 valence electrons. The zero-order chi connectivity index (χ0) is 8.97. The topological polar surface area (TPSA) is 24.9 Å². The summed E-state index contributed by atoms with van der Waals surface area (Å²) < 4.78 is 1.08. The molecule has 1 aromatic heterocycles. The molecule has 0 unspecified atom stereocenters. The lowest BCUT2D eigenvalue weighted by Crippen LogP contribution is -2.03. The van der Waals surface area contributed by atoms with Crippen molar-refractivity contribution in [2.45, 2.75) is 0 Å². The van der Waals surface area contributed by atoms with Crippen LogP contribution in [0, 0.1) is 3.57 Å². The van der Waals surface area contributed by atoms with E-state index in [-0.39, 0.29) is 0 Å². The Morgan fingerprint density at radius 1 is 1.75 bits per heavy atom. The summed E-state index contributed by atoms with van der Waals surface area (Å²) in [7, 11) is 0. The number of halogens is 2. The molecular weight excluding hydrogens is 286 g/mol. The fourth-order valence-electron chi connectivity index (χ4n) is 0.695. The Morgan fingerprint density at radius 2 is 2.50 bits per heavy atom. The van der Waals surface area contributed by atoms with E-state index < -0.39 is 0 Å². The van der Waals surface area contributed by atoms with E-state index >= 15 is 0 Å². The van der Waals surface area contributed by atoms with Crippen molar-refractivity contribution < 1.29 is 0 Å². The number of nitrogens with one attached hydrogen (secondary N) is 1. The second-order valence-corrected chi connectivity index (χ2v) is 3.90. The van der Waals surface area contributed by atoms with Crippen LogP contribution in [0.3, 0.4) is 0 Å². The zero-order valence-electron chi connectivity index (χ0n) is 6.35. The predicted octanol–water partition coefficient (Wildman–Crippen LogP) is 2.85. The molecule has 1 aromatic rings. The molecule has 1 heterocycles. The van der Waals surface area contributed by atoms with Gasteiger partial charge in [-0.05, 0) is 34.7 Å². The number of anilines is 1. The molecule has 0 atom stereocenters. The first-order valence-corrected chi connectivity index (χ1v) is 4.83. The molecule has 0 aliphatic carbocycles. The van der Waals surface area contributed by atoms with Gasteiger partial charge in [0.05, 0.1) is 10.1 Å². The Balaban J connectivity index is 2.63. The van der Waals surface area contributed by atoms with Crippen molar-refractivity contribution in [3.8, 4) is 0 Å². The second-order valence-electron chi connectivity index (χ2n) is 2.20. The lowest BCUT2D eigenvalue weighted by molar-refractivity contribution is 1.21. The number of aromatic nitrogens is 1. The van der Waals surface area contributed by atoms with Crippen LogP contribution in [0.15, 0.2) is 29.9 Å². The SMILES string of the molecule is C=C(Cl)CNc1ncccc1I. The summed E-state index contributed by atoms with van der Waals surface area (Å²) in [6, 6.07) is 3.87. The molecule has 0 bridgehead atoms. The summed E-state index contributed by atoms with van der Waals surface area (Å²) in [4.78, 5) is 4.13. The third kappa shape index (κ3) is 2.98. The van der Waals surface area contributed by atoms with Crippen LogP contribution in [0.2, 0.25) is 0 Å². The molecule has 12 heavy (non-hydrogen) atoms. The Hall–Kier alpha value is -0.290. The highest BCUT2D eigenvalue weighted by Crippen LogP contribution is 2.13. The molecule has 1 N–H and O–H groups in total. The van der Waals surface area contributed by atoms with E-state index in [1.54, 1.807) is 6.20 Å². The predicted molar refractivity (Wildman–Crippen MR) is 60.4 cm³/mol. The van der Waals surface area contributed by atoms with Gasteiger partial charge in [-0.25, -0.2) is 4.98 Å². The molecule has 0 fully saturated rings. The van der Waals surface area contributed by atoms with E-state index in [1.807, 2.05) is 12.1 Å². The van der Waals surface area contributed by atoms with E-state index in [0.717, 1.165) is 9.39 Å². The highest BCUT2D eigenvalue weighted by Gasteiger charge is 1.97. The average molecular weight is 295 g/mol. The fraction of sp³-hybridized carbons (Fsp3) is 0.125. The molecular formula is C8H8ClIN2. The fourth-order valence-corrected chi connectivity index (χ4v) is 1.30. The molecule has 0 radical (unpaired) electrons. The van der Waals surface area contributed by atoms with Gasteiger partial charge >= 0.3 is 0 Å². The van der Waals surface area contributed by atoms with Crippen LogP contribution in [-0.4, -0.2) is 11.5 Å². The van der Waals surface area contributed by atoms with Gasteiger partial charge < -0.3 is 5.32 Å². The minimum absolute atomic E-state index is 0.550. The Labute approximate surface area is 90.2 Å². The van der Waals surface area contributed by atoms with Crippen LogP contribution in [0.1, 0.15) is 0 Å². The highest BCUT2D eigenvalue weighted by molar-refractivity contribution is 14.1. The molecule has 0 aliphatic heterocycles. The maximum absolute atomic E-state index is 5.59. The first-order chi connectivity index (χ1) is 5.70. The van der Waals surface area contributed by atoms with Gasteiger partial charge in [-0.2, -0.15) is 0 Å². The first kappa shape index (κ1) is 9.80. The maximum Gasteiger partial charge on any atom is 0.139 e. The Kier molecular flexibility index (Phi) is 3.81. The van der Waals surface area contributed by atoms with Gasteiger partial charge in [-0.3, -0.25) is 0 Å². The summed E-state index contributed by atoms with van der Waals surface area (Å²) in [5.74, 6) is 0.847. The molecule has 0 aromatic carbocycles. The average Bonchev–Trinajstić information content (AvgIpc) is 2.03. The van der Waals surface area contributed by atoms with Crippen molar-refractivity contribution in [3.05, 3.63) is 33.5 Å². The van der Waals surface area contributed by atoms with Crippen LogP contribution in [0.4, 0.5) is 5.82 Å². The largest absolute Gasteiger partial charge is 0.364 e. The van der Waals surface area contributed by atoms with Crippen molar-refractivity contribution in [1.82, 2.24) is 4.98 Å². The van der Waals surface area contributed by atoms with Gasteiger partial charge in [-0.15, -0.1) is 0 Å². The Bertz CT molecular complexity index is 288. The van der Waals surface area contributed by atoms with E-state index in [4.69, 9.17) is 11.6 Å². The van der Waals surface area contributed by atoms with Crippen LogP contribution in [0.25, 0.3) is 0 Å². The van der Waals surface area contributed by atoms with Gasteiger partial charge in [0, 0.05) is 11.2 Å². The Morgan fingerprint density at radius 3 is 3.08 bits per heavy atom. The number of pyridine rings is 1. The maximum atomic E-state index is 5.59. The number of rotatable bonds is 3. The standard InChI is InChI=1S/C8H8ClIN2/c1-6(9)5-12-8-7(10)3-2-4-11-8/h2-4H,1,5H2,(H,11,12). The molecule has 0 saturated carbocycles. The molecule has 4 heteroatoms. The monoisotopic (exact) mass is 294 g/mol. The van der Waals surface area contributed by atoms with Gasteiger partial charge in [-0.1, -0.05) is 18.2 Å². The van der Waals surface area contributed by atoms with Crippen molar-refractivity contribution in [1.29, 1.82) is 0 Å². The normalized spacial score (nSPS) is 9.50. The number of nitrogens with zero attached hydrogens (tertiary/aromatic N) is 1. The lowest BCUT2D eigenvalue weighted by atomic mass is 10.4. The summed E-state index contributed by atoms with van der Waals surface area (Å²) >= 11 is 7.80. The van der Waals surface area contributed by atoms with Crippen molar-refractivity contribution >= 4 is 40.0 Å². The van der Waals surface area contributed by atoms with E-state index in [2.05, 4.69) is 39.5 Å². The molecule has 0 saturated heterocycles. The van der Waals surface area contributed by atoms with Crippen LogP contribution >= 0.6 is 34.2 Å². The lowest BCUT2D eigenvalue weighted by Gasteiger charge is -2.04. The van der Waals surface area contributed by atoms with Crippen molar-refractivity contribution in [3.63, 3.8) is 0 Å². The van der Waals surface area contributed by atoms with E-state index in [0.29, 0.717) is 11.6 Å². The van der Waals surface area contributed by atoms with Gasteiger partial charge in [0.25, 0.3) is 0 Å². The minimum atomic E-state index is 0.550. The summed E-state index contributed by atoms with van der Waals surface area (Å²) in [6.07, 6.45) is 1.74. The van der Waals surface area contributed by atoms with Gasteiger partial charge in [0.1, 0.15) is 5.82 Å². The molecule has 0 spiro atoms. The molecule has 1 rings (SSSR count). The number of hydrogen-bond donors (Lipinski definition) is 1. The first-order valence-electron chi connectivity index (χ1n) is 3.38. The molecule has 0 aliphatic rings. The summed E-state index contributed by atoms with van der Waals surface area (Å²) in [5.41, 5.74) is 0.